The summed E-state index contributed by atoms with van der Waals surface area (Å²) in [5.74, 6) is 0.965. The molecule has 0 aromatic rings. The lowest BCUT2D eigenvalue weighted by atomic mass is 10.1. The van der Waals surface area contributed by atoms with E-state index in [0.29, 0.717) is 0 Å². The van der Waals surface area contributed by atoms with Gasteiger partial charge in [0.1, 0.15) is 0 Å². The zero-order chi connectivity index (χ0) is 7.35. The maximum atomic E-state index is 2.55. The maximum Gasteiger partial charge on any atom is 0.0577 e. The Bertz CT molecular complexity index is 181. The molecular weight excluding hydrogens is 136 g/mol. The van der Waals surface area contributed by atoms with Gasteiger partial charge >= 0.3 is 0 Å². The van der Waals surface area contributed by atoms with E-state index in [1.54, 1.807) is 0 Å². The van der Waals surface area contributed by atoms with Crippen molar-refractivity contribution in [1.29, 1.82) is 0 Å². The van der Waals surface area contributed by atoms with E-state index in [1.807, 2.05) is 0 Å². The topological polar surface area (TPSA) is 0 Å². The van der Waals surface area contributed by atoms with Gasteiger partial charge in [0.05, 0.1) is 8.07 Å². The summed E-state index contributed by atoms with van der Waals surface area (Å²) in [6.07, 6.45) is 6.42. The van der Waals surface area contributed by atoms with E-state index in [9.17, 15) is 0 Å². The first-order valence-electron chi connectivity index (χ1n) is 4.30. The maximum absolute atomic E-state index is 2.55. The third-order valence-electron chi connectivity index (χ3n) is 3.89. The first kappa shape index (κ1) is 6.65. The van der Waals surface area contributed by atoms with Crippen LogP contribution in [0.4, 0.5) is 0 Å². The minimum atomic E-state index is -0.810. The number of hydrogen-bond donors (Lipinski definition) is 0. The molecule has 2 bridgehead atoms. The van der Waals surface area contributed by atoms with Gasteiger partial charge in [-0.05, 0) is 23.4 Å². The molecule has 1 heteroatoms. The average molecular weight is 152 g/mol. The van der Waals surface area contributed by atoms with E-state index in [2.05, 4.69) is 32.2 Å². The lowest BCUT2D eigenvalue weighted by molar-refractivity contribution is 0.651. The highest BCUT2D eigenvalue weighted by Gasteiger charge is 2.48. The molecule has 0 spiro atoms. The minimum absolute atomic E-state index is 0.810. The van der Waals surface area contributed by atoms with Crippen LogP contribution in [0, 0.1) is 5.92 Å². The fourth-order valence-corrected chi connectivity index (χ4v) is 6.05. The Hall–Kier alpha value is -0.0431. The van der Waals surface area contributed by atoms with Crippen LogP contribution in [0.25, 0.3) is 0 Å². The minimum Gasteiger partial charge on any atom is -0.0878 e. The summed E-state index contributed by atoms with van der Waals surface area (Å²) in [7, 11) is -0.810. The summed E-state index contributed by atoms with van der Waals surface area (Å²) < 4.78 is 0. The SMILES string of the molecule is CC1C2C=CC(C2)[Si]1(C)C. The van der Waals surface area contributed by atoms with Gasteiger partial charge in [-0.1, -0.05) is 32.2 Å². The largest absolute Gasteiger partial charge is 0.0878 e. The Morgan fingerprint density at radius 1 is 1.30 bits per heavy atom. The summed E-state index contributed by atoms with van der Waals surface area (Å²) in [5.41, 5.74) is 2.06. The van der Waals surface area contributed by atoms with Gasteiger partial charge in [-0.2, -0.15) is 0 Å². The van der Waals surface area contributed by atoms with Crippen LogP contribution < -0.4 is 0 Å². The van der Waals surface area contributed by atoms with Crippen molar-refractivity contribution in [3.8, 4) is 0 Å². The van der Waals surface area contributed by atoms with Gasteiger partial charge in [0.25, 0.3) is 0 Å². The summed E-state index contributed by atoms with van der Waals surface area (Å²) in [4.78, 5) is 0. The highest BCUT2D eigenvalue weighted by molar-refractivity contribution is 6.81. The van der Waals surface area contributed by atoms with E-state index >= 15 is 0 Å². The van der Waals surface area contributed by atoms with Crippen LogP contribution in [0.5, 0.6) is 0 Å². The second-order valence-corrected chi connectivity index (χ2v) is 9.80. The summed E-state index contributed by atoms with van der Waals surface area (Å²) >= 11 is 0. The normalized spacial score (nSPS) is 48.5. The van der Waals surface area contributed by atoms with Crippen molar-refractivity contribution in [3.05, 3.63) is 12.2 Å². The van der Waals surface area contributed by atoms with Crippen molar-refractivity contribution in [3.63, 3.8) is 0 Å². The molecule has 10 heavy (non-hydrogen) atoms. The van der Waals surface area contributed by atoms with Crippen molar-refractivity contribution in [1.82, 2.24) is 0 Å². The van der Waals surface area contributed by atoms with Crippen molar-refractivity contribution in [2.75, 3.05) is 0 Å². The first-order valence-corrected chi connectivity index (χ1v) is 7.46. The number of allylic oxidation sites excluding steroid dienone is 2. The summed E-state index contributed by atoms with van der Waals surface area (Å²) in [5, 5.41) is 0. The number of rotatable bonds is 0. The second kappa shape index (κ2) is 1.76. The number of hydrogen-bond acceptors (Lipinski definition) is 0. The lowest BCUT2D eigenvalue weighted by Crippen LogP contribution is -2.32. The van der Waals surface area contributed by atoms with Crippen LogP contribution >= 0.6 is 0 Å². The molecule has 3 atom stereocenters. The van der Waals surface area contributed by atoms with Crippen molar-refractivity contribution < 1.29 is 0 Å². The predicted octanol–water partition coefficient (Wildman–Crippen LogP) is 3.04. The molecule has 2 rings (SSSR count). The first-order chi connectivity index (χ1) is 4.62. The quantitative estimate of drug-likeness (QED) is 0.370. The highest BCUT2D eigenvalue weighted by Crippen LogP contribution is 2.55. The van der Waals surface area contributed by atoms with Crippen LogP contribution in [-0.4, -0.2) is 8.07 Å². The molecular formula is C9H16Si. The third-order valence-corrected chi connectivity index (χ3v) is 9.00. The van der Waals surface area contributed by atoms with Crippen LogP contribution in [0.15, 0.2) is 12.2 Å². The molecule has 3 unspecified atom stereocenters. The van der Waals surface area contributed by atoms with Crippen LogP contribution in [0.3, 0.4) is 0 Å². The smallest absolute Gasteiger partial charge is 0.0577 e. The fourth-order valence-electron chi connectivity index (χ4n) is 2.54. The van der Waals surface area contributed by atoms with Gasteiger partial charge in [-0.3, -0.25) is 0 Å². The van der Waals surface area contributed by atoms with Crippen molar-refractivity contribution in [2.45, 2.75) is 37.5 Å². The van der Waals surface area contributed by atoms with E-state index in [-0.39, 0.29) is 0 Å². The molecule has 1 heterocycles. The Kier molecular flexibility index (Phi) is 1.17. The summed E-state index contributed by atoms with van der Waals surface area (Å²) in [6.45, 7) is 7.55. The molecule has 0 nitrogen and oxygen atoms in total. The molecule has 1 saturated heterocycles. The van der Waals surface area contributed by atoms with E-state index in [0.717, 1.165) is 17.0 Å². The zero-order valence-corrected chi connectivity index (χ0v) is 8.09. The molecule has 56 valence electrons. The van der Waals surface area contributed by atoms with E-state index < -0.39 is 8.07 Å². The van der Waals surface area contributed by atoms with Gasteiger partial charge in [-0.25, -0.2) is 0 Å². The molecule has 1 aliphatic carbocycles. The predicted molar refractivity (Wildman–Crippen MR) is 47.9 cm³/mol. The molecule has 1 aliphatic heterocycles. The molecule has 2 aliphatic rings. The summed E-state index contributed by atoms with van der Waals surface area (Å²) in [6, 6.07) is 0. The van der Waals surface area contributed by atoms with Crippen molar-refractivity contribution >= 4 is 8.07 Å². The van der Waals surface area contributed by atoms with Gasteiger partial charge in [0, 0.05) is 0 Å². The molecule has 0 aromatic carbocycles. The third kappa shape index (κ3) is 0.618. The second-order valence-electron chi connectivity index (χ2n) is 4.50. The van der Waals surface area contributed by atoms with Gasteiger partial charge in [0.2, 0.25) is 0 Å². The molecule has 1 fully saturated rings. The monoisotopic (exact) mass is 152 g/mol. The fraction of sp³-hybridized carbons (Fsp3) is 0.778. The zero-order valence-electron chi connectivity index (χ0n) is 7.09. The number of fused-ring (bicyclic) bond motifs is 2. The Morgan fingerprint density at radius 3 is 2.30 bits per heavy atom. The lowest BCUT2D eigenvalue weighted by Gasteiger charge is -2.30. The molecule has 0 N–H and O–H groups in total. The molecule has 0 saturated carbocycles. The van der Waals surface area contributed by atoms with Gasteiger partial charge in [-0.15, -0.1) is 0 Å². The van der Waals surface area contributed by atoms with E-state index in [1.165, 1.54) is 6.42 Å². The van der Waals surface area contributed by atoms with Crippen LogP contribution in [0.2, 0.25) is 24.2 Å². The Balaban J connectivity index is 2.35. The Morgan fingerprint density at radius 2 is 2.00 bits per heavy atom. The average Bonchev–Trinajstić information content (AvgIpc) is 2.37. The van der Waals surface area contributed by atoms with E-state index in [4.69, 9.17) is 0 Å². The van der Waals surface area contributed by atoms with Crippen LogP contribution in [-0.2, 0) is 0 Å². The van der Waals surface area contributed by atoms with Crippen LogP contribution in [0.1, 0.15) is 13.3 Å². The highest BCUT2D eigenvalue weighted by atomic mass is 28.3. The molecule has 0 radical (unpaired) electrons. The molecule has 0 amide bonds. The molecule has 0 aromatic heterocycles. The van der Waals surface area contributed by atoms with Crippen molar-refractivity contribution in [2.24, 2.45) is 5.92 Å². The van der Waals surface area contributed by atoms with Gasteiger partial charge < -0.3 is 0 Å². The van der Waals surface area contributed by atoms with Gasteiger partial charge in [0.15, 0.2) is 0 Å². The standard InChI is InChI=1S/C9H16Si/c1-7-8-4-5-9(6-8)10(7,2)3/h4-5,7-9H,6H2,1-3H3. The Labute approximate surface area is 64.3 Å².